The van der Waals surface area contributed by atoms with Crippen LogP contribution in [0, 0.1) is 0 Å². The second-order valence-corrected chi connectivity index (χ2v) is 9.58. The Bertz CT molecular complexity index is 1390. The highest BCUT2D eigenvalue weighted by Crippen LogP contribution is 2.32. The molecule has 0 fully saturated rings. The van der Waals surface area contributed by atoms with Crippen LogP contribution in [0.2, 0.25) is 0 Å². The smallest absolute Gasteiger partial charge is 0.270 e. The minimum atomic E-state index is -0.126. The molecule has 0 saturated heterocycles. The molecule has 9 heteroatoms. The van der Waals surface area contributed by atoms with Crippen LogP contribution < -0.4 is 10.2 Å². The van der Waals surface area contributed by atoms with E-state index < -0.39 is 0 Å². The van der Waals surface area contributed by atoms with Gasteiger partial charge in [0.05, 0.1) is 17.1 Å². The van der Waals surface area contributed by atoms with Gasteiger partial charge in [-0.25, -0.2) is 4.98 Å². The molecule has 4 heterocycles. The van der Waals surface area contributed by atoms with Gasteiger partial charge in [0.25, 0.3) is 5.91 Å². The van der Waals surface area contributed by atoms with Crippen molar-refractivity contribution in [3.8, 4) is 11.5 Å². The minimum absolute atomic E-state index is 0.0821. The second-order valence-electron chi connectivity index (χ2n) is 7.80. The molecule has 0 aliphatic carbocycles. The van der Waals surface area contributed by atoms with Crippen molar-refractivity contribution in [2.75, 3.05) is 11.4 Å². The molecular formula is C26H22N4O3S2. The average molecular weight is 503 g/mol. The first-order chi connectivity index (χ1) is 17.2. The van der Waals surface area contributed by atoms with Crippen LogP contribution in [0.4, 0.5) is 5.13 Å². The molecule has 1 aromatic carbocycles. The Balaban J connectivity index is 1.28. The number of thiophene rings is 1. The molecule has 0 saturated carbocycles. The Morgan fingerprint density at radius 2 is 1.91 bits per heavy atom. The highest BCUT2D eigenvalue weighted by molar-refractivity contribution is 7.14. The molecule has 2 amide bonds. The van der Waals surface area contributed by atoms with E-state index in [1.807, 2.05) is 65.4 Å². The maximum Gasteiger partial charge on any atom is 0.270 e. The highest BCUT2D eigenvalue weighted by Gasteiger charge is 2.22. The molecule has 0 unspecified atom stereocenters. The largest absolute Gasteiger partial charge is 0.454 e. The summed E-state index contributed by atoms with van der Waals surface area (Å²) in [5, 5.41) is 8.22. The Kier molecular flexibility index (Phi) is 6.97. The minimum Gasteiger partial charge on any atom is -0.454 e. The van der Waals surface area contributed by atoms with Gasteiger partial charge in [-0.15, -0.1) is 22.7 Å². The van der Waals surface area contributed by atoms with Gasteiger partial charge in [0.1, 0.15) is 11.3 Å². The number of para-hydroxylation sites is 1. The van der Waals surface area contributed by atoms with Crippen molar-refractivity contribution in [2.24, 2.45) is 0 Å². The molecule has 1 N–H and O–H groups in total. The number of nitrogens with zero attached hydrogens (tertiary/aromatic N) is 3. The molecule has 5 rings (SSSR count). The Hall–Kier alpha value is -3.82. The van der Waals surface area contributed by atoms with Gasteiger partial charge >= 0.3 is 0 Å². The zero-order valence-corrected chi connectivity index (χ0v) is 20.3. The number of carbonyl (C=O) groups is 2. The maximum absolute atomic E-state index is 13.3. The van der Waals surface area contributed by atoms with Crippen molar-refractivity contribution in [3.05, 3.63) is 88.2 Å². The quantitative estimate of drug-likeness (QED) is 0.277. The topological polar surface area (TPSA) is 88.3 Å². The van der Waals surface area contributed by atoms with Gasteiger partial charge in [-0.3, -0.25) is 19.5 Å². The monoisotopic (exact) mass is 502 g/mol. The van der Waals surface area contributed by atoms with E-state index in [9.17, 15) is 9.59 Å². The number of amides is 2. The first-order valence-electron chi connectivity index (χ1n) is 11.1. The summed E-state index contributed by atoms with van der Waals surface area (Å²) in [7, 11) is 0. The summed E-state index contributed by atoms with van der Waals surface area (Å²) < 4.78 is 5.94. The van der Waals surface area contributed by atoms with Gasteiger partial charge in [0.15, 0.2) is 10.9 Å². The number of fused-ring (bicyclic) bond motifs is 1. The van der Waals surface area contributed by atoms with E-state index in [2.05, 4.69) is 10.3 Å². The molecule has 0 spiro atoms. The Morgan fingerprint density at radius 1 is 1.03 bits per heavy atom. The van der Waals surface area contributed by atoms with E-state index >= 15 is 0 Å². The van der Waals surface area contributed by atoms with Crippen LogP contribution in [-0.2, 0) is 11.3 Å². The van der Waals surface area contributed by atoms with Crippen molar-refractivity contribution in [2.45, 2.75) is 19.4 Å². The molecule has 0 aliphatic heterocycles. The summed E-state index contributed by atoms with van der Waals surface area (Å²) in [5.74, 6) is 0.451. The third-order valence-corrected chi connectivity index (χ3v) is 7.08. The van der Waals surface area contributed by atoms with Crippen molar-refractivity contribution in [1.82, 2.24) is 15.3 Å². The number of anilines is 1. The normalized spacial score (nSPS) is 11.0. The number of benzene rings is 1. The number of rotatable bonds is 9. The first-order valence-corrected chi connectivity index (χ1v) is 12.9. The van der Waals surface area contributed by atoms with Gasteiger partial charge in [0, 0.05) is 29.9 Å². The van der Waals surface area contributed by atoms with E-state index in [1.54, 1.807) is 17.2 Å². The lowest BCUT2D eigenvalue weighted by Crippen LogP contribution is -2.32. The van der Waals surface area contributed by atoms with Crippen LogP contribution in [-0.4, -0.2) is 28.3 Å². The lowest BCUT2D eigenvalue weighted by molar-refractivity contribution is -0.121. The molecule has 0 radical (unpaired) electrons. The number of aromatic nitrogens is 2. The summed E-state index contributed by atoms with van der Waals surface area (Å²) in [6.45, 7) is 0.756. The van der Waals surface area contributed by atoms with Crippen molar-refractivity contribution in [1.29, 1.82) is 0 Å². The number of hydrogen-bond acceptors (Lipinski definition) is 7. The van der Waals surface area contributed by atoms with Gasteiger partial charge in [-0.1, -0.05) is 30.3 Å². The number of pyridine rings is 1. The molecule has 7 nitrogen and oxygen atoms in total. The fraction of sp³-hybridized carbons (Fsp3) is 0.154. The lowest BCUT2D eigenvalue weighted by Gasteiger charge is -2.19. The van der Waals surface area contributed by atoms with Gasteiger partial charge in [-0.2, -0.15) is 0 Å². The van der Waals surface area contributed by atoms with Crippen LogP contribution in [0.15, 0.2) is 82.0 Å². The zero-order valence-electron chi connectivity index (χ0n) is 18.7. The fourth-order valence-electron chi connectivity index (χ4n) is 3.60. The third kappa shape index (κ3) is 5.47. The van der Waals surface area contributed by atoms with Crippen LogP contribution in [0.5, 0.6) is 0 Å². The van der Waals surface area contributed by atoms with E-state index in [0.717, 1.165) is 16.7 Å². The molecule has 35 heavy (non-hydrogen) atoms. The number of furan rings is 1. The molecule has 0 aliphatic rings. The molecular weight excluding hydrogens is 480 g/mol. The van der Waals surface area contributed by atoms with E-state index in [-0.39, 0.29) is 11.8 Å². The molecule has 5 aromatic rings. The van der Waals surface area contributed by atoms with Gasteiger partial charge in [0.2, 0.25) is 5.91 Å². The third-order valence-electron chi connectivity index (χ3n) is 5.36. The van der Waals surface area contributed by atoms with Gasteiger partial charge < -0.3 is 9.73 Å². The fourth-order valence-corrected chi connectivity index (χ4v) is 5.12. The number of carbonyl (C=O) groups excluding carboxylic acids is 2. The summed E-state index contributed by atoms with van der Waals surface area (Å²) in [6.07, 6.45) is 2.50. The summed E-state index contributed by atoms with van der Waals surface area (Å²) in [5.41, 5.74) is 2.27. The second kappa shape index (κ2) is 10.6. The van der Waals surface area contributed by atoms with E-state index in [1.165, 1.54) is 22.7 Å². The summed E-state index contributed by atoms with van der Waals surface area (Å²) in [4.78, 5) is 36.8. The van der Waals surface area contributed by atoms with Crippen molar-refractivity contribution < 1.29 is 14.0 Å². The molecule has 4 aromatic heterocycles. The SMILES string of the molecule is O=C(CCCN(C(=O)c1cccs1)c1nc(-c2cc3ccccc3o2)cs1)NCc1ccccn1. The summed E-state index contributed by atoms with van der Waals surface area (Å²) in [6, 6.07) is 19.0. The Labute approximate surface area is 210 Å². The number of thiazole rings is 1. The predicted octanol–water partition coefficient (Wildman–Crippen LogP) is 5.76. The van der Waals surface area contributed by atoms with Crippen LogP contribution >= 0.6 is 22.7 Å². The lowest BCUT2D eigenvalue weighted by atomic mass is 10.2. The standard InChI is InChI=1S/C26H22N4O3S2/c31-24(28-16-19-8-3-4-12-27-19)11-5-13-30(25(32)23-10-6-14-34-23)26-29-20(17-35-26)22-15-18-7-1-2-9-21(18)33-22/h1-4,6-10,12,14-15,17H,5,11,13,16H2,(H,28,31). The molecule has 0 bridgehead atoms. The summed E-state index contributed by atoms with van der Waals surface area (Å²) >= 11 is 2.77. The highest BCUT2D eigenvalue weighted by atomic mass is 32.1. The predicted molar refractivity (Wildman–Crippen MR) is 139 cm³/mol. The van der Waals surface area contributed by atoms with Crippen molar-refractivity contribution in [3.63, 3.8) is 0 Å². The van der Waals surface area contributed by atoms with E-state index in [0.29, 0.717) is 47.4 Å². The van der Waals surface area contributed by atoms with Crippen molar-refractivity contribution >= 4 is 50.6 Å². The van der Waals surface area contributed by atoms with Crippen LogP contribution in [0.25, 0.3) is 22.4 Å². The zero-order chi connectivity index (χ0) is 24.0. The Morgan fingerprint density at radius 3 is 2.71 bits per heavy atom. The molecule has 0 atom stereocenters. The maximum atomic E-state index is 13.3. The molecule has 176 valence electrons. The van der Waals surface area contributed by atoms with Crippen LogP contribution in [0.1, 0.15) is 28.2 Å². The van der Waals surface area contributed by atoms with Gasteiger partial charge in [-0.05, 0) is 42.1 Å². The number of hydrogen-bond donors (Lipinski definition) is 1. The average Bonchev–Trinajstić information content (AvgIpc) is 3.66. The number of nitrogens with one attached hydrogen (secondary N) is 1. The van der Waals surface area contributed by atoms with E-state index in [4.69, 9.17) is 9.40 Å². The van der Waals surface area contributed by atoms with Crippen LogP contribution in [0.3, 0.4) is 0 Å². The first kappa shape index (κ1) is 22.9.